The molecule has 0 fully saturated rings. The van der Waals surface area contributed by atoms with E-state index in [4.69, 9.17) is 23.2 Å². The van der Waals surface area contributed by atoms with Crippen LogP contribution in [-0.4, -0.2) is 19.0 Å². The molecule has 0 saturated carbocycles. The van der Waals surface area contributed by atoms with Crippen molar-refractivity contribution in [2.45, 2.75) is 96.8 Å². The minimum atomic E-state index is -0.0837. The van der Waals surface area contributed by atoms with E-state index in [-0.39, 0.29) is 5.91 Å². The normalized spacial score (nSPS) is 11.0. The minimum absolute atomic E-state index is 0.0837. The highest BCUT2D eigenvalue weighted by Crippen LogP contribution is 2.25. The van der Waals surface area contributed by atoms with Crippen molar-refractivity contribution >= 4 is 34.8 Å². The van der Waals surface area contributed by atoms with E-state index in [9.17, 15) is 4.79 Å². The summed E-state index contributed by atoms with van der Waals surface area (Å²) in [5, 5.41) is 7.01. The topological polar surface area (TPSA) is 41.1 Å². The van der Waals surface area contributed by atoms with Crippen molar-refractivity contribution in [2.24, 2.45) is 0 Å². The van der Waals surface area contributed by atoms with E-state index < -0.39 is 0 Å². The Kier molecular flexibility index (Phi) is 16.3. The number of anilines is 1. The van der Waals surface area contributed by atoms with Crippen LogP contribution in [0.4, 0.5) is 5.69 Å². The smallest absolute Gasteiger partial charge is 0.238 e. The summed E-state index contributed by atoms with van der Waals surface area (Å²) in [5.74, 6) is -0.0837. The molecule has 1 amide bonds. The molecule has 0 aromatic heterocycles. The lowest BCUT2D eigenvalue weighted by atomic mass is 10.0. The Morgan fingerprint density at radius 2 is 1.31 bits per heavy atom. The zero-order valence-electron chi connectivity index (χ0n) is 18.2. The highest BCUT2D eigenvalue weighted by atomic mass is 35.5. The lowest BCUT2D eigenvalue weighted by Gasteiger charge is -2.08. The van der Waals surface area contributed by atoms with Crippen molar-refractivity contribution in [1.29, 1.82) is 0 Å². The van der Waals surface area contributed by atoms with Crippen LogP contribution in [0.1, 0.15) is 96.8 Å². The third-order valence-electron chi connectivity index (χ3n) is 5.20. The number of carbonyl (C=O) groups is 1. The van der Waals surface area contributed by atoms with Gasteiger partial charge in [-0.3, -0.25) is 4.79 Å². The zero-order chi connectivity index (χ0) is 21.2. The third-order valence-corrected chi connectivity index (χ3v) is 5.75. The van der Waals surface area contributed by atoms with Gasteiger partial charge in [0.1, 0.15) is 0 Å². The highest BCUT2D eigenvalue weighted by Gasteiger charge is 2.05. The summed E-state index contributed by atoms with van der Waals surface area (Å²) in [6.45, 7) is 3.45. The van der Waals surface area contributed by atoms with Crippen LogP contribution in [0.2, 0.25) is 10.0 Å². The summed E-state index contributed by atoms with van der Waals surface area (Å²) in [5.41, 5.74) is 0.597. The summed E-state index contributed by atoms with van der Waals surface area (Å²) in [6, 6.07) is 5.06. The quantitative estimate of drug-likeness (QED) is 0.226. The molecule has 0 bridgehead atoms. The van der Waals surface area contributed by atoms with Gasteiger partial charge >= 0.3 is 0 Å². The van der Waals surface area contributed by atoms with Crippen LogP contribution in [0.25, 0.3) is 0 Å². The van der Waals surface area contributed by atoms with Gasteiger partial charge < -0.3 is 10.6 Å². The van der Waals surface area contributed by atoms with Crippen LogP contribution in [0, 0.1) is 0 Å². The number of hydrogen-bond donors (Lipinski definition) is 2. The van der Waals surface area contributed by atoms with Gasteiger partial charge in [0.25, 0.3) is 0 Å². The molecule has 29 heavy (non-hydrogen) atoms. The van der Waals surface area contributed by atoms with Crippen LogP contribution in [0.15, 0.2) is 18.2 Å². The Hall–Kier alpha value is -0.770. The summed E-state index contributed by atoms with van der Waals surface area (Å²) in [6.07, 6.45) is 19.0. The molecule has 0 heterocycles. The average molecular weight is 444 g/mol. The van der Waals surface area contributed by atoms with Gasteiger partial charge in [0.15, 0.2) is 0 Å². The fourth-order valence-electron chi connectivity index (χ4n) is 3.43. The molecule has 0 spiro atoms. The maximum atomic E-state index is 11.9. The fraction of sp³-hybridized carbons (Fsp3) is 0.708. The van der Waals surface area contributed by atoms with E-state index in [1.807, 2.05) is 0 Å². The van der Waals surface area contributed by atoms with Crippen molar-refractivity contribution < 1.29 is 4.79 Å². The molecule has 5 heteroatoms. The maximum Gasteiger partial charge on any atom is 0.238 e. The van der Waals surface area contributed by atoms with Gasteiger partial charge in [-0.25, -0.2) is 0 Å². The molecule has 0 radical (unpaired) electrons. The summed E-state index contributed by atoms with van der Waals surface area (Å²) in [7, 11) is 0. The largest absolute Gasteiger partial charge is 0.324 e. The second-order valence-electron chi connectivity index (χ2n) is 7.95. The molecule has 0 unspecified atom stereocenters. The van der Waals surface area contributed by atoms with Gasteiger partial charge in [-0.15, -0.1) is 0 Å². The molecule has 0 aliphatic carbocycles. The van der Waals surface area contributed by atoms with Gasteiger partial charge in [0, 0.05) is 5.02 Å². The van der Waals surface area contributed by atoms with Crippen molar-refractivity contribution in [1.82, 2.24) is 5.32 Å². The molecule has 1 rings (SSSR count). The third kappa shape index (κ3) is 14.8. The van der Waals surface area contributed by atoms with Crippen LogP contribution >= 0.6 is 23.2 Å². The van der Waals surface area contributed by atoms with Crippen molar-refractivity contribution in [3.05, 3.63) is 28.2 Å². The number of nitrogens with one attached hydrogen (secondary N) is 2. The number of hydrogen-bond acceptors (Lipinski definition) is 2. The van der Waals surface area contributed by atoms with Gasteiger partial charge in [-0.05, 0) is 31.2 Å². The Bertz CT molecular complexity index is 552. The van der Waals surface area contributed by atoms with Gasteiger partial charge in [-0.2, -0.15) is 0 Å². The van der Waals surface area contributed by atoms with E-state index >= 15 is 0 Å². The number of amides is 1. The lowest BCUT2D eigenvalue weighted by molar-refractivity contribution is -0.115. The summed E-state index contributed by atoms with van der Waals surface area (Å²) < 4.78 is 0. The highest BCUT2D eigenvalue weighted by molar-refractivity contribution is 6.36. The first-order valence-corrected chi connectivity index (χ1v) is 12.3. The first kappa shape index (κ1) is 26.3. The van der Waals surface area contributed by atoms with Gasteiger partial charge in [-0.1, -0.05) is 114 Å². The second-order valence-corrected chi connectivity index (χ2v) is 8.79. The molecule has 0 saturated heterocycles. The van der Waals surface area contributed by atoms with Crippen molar-refractivity contribution in [3.63, 3.8) is 0 Å². The van der Waals surface area contributed by atoms with Gasteiger partial charge in [0.2, 0.25) is 5.91 Å². The number of carbonyl (C=O) groups excluding carboxylic acids is 1. The zero-order valence-corrected chi connectivity index (χ0v) is 19.7. The minimum Gasteiger partial charge on any atom is -0.324 e. The maximum absolute atomic E-state index is 11.9. The standard InChI is InChI=1S/C24H40Cl2N2O/c1-2-3-4-5-6-7-8-9-10-11-12-13-14-15-18-27-20-24(29)28-23-17-16-21(25)19-22(23)26/h16-17,19,27H,2-15,18,20H2,1H3,(H,28,29). The summed E-state index contributed by atoms with van der Waals surface area (Å²) in [4.78, 5) is 11.9. The van der Waals surface area contributed by atoms with E-state index in [1.54, 1.807) is 18.2 Å². The molecule has 0 aliphatic rings. The molecule has 0 atom stereocenters. The fourth-order valence-corrected chi connectivity index (χ4v) is 3.89. The number of halogens is 2. The Morgan fingerprint density at radius 1 is 0.793 bits per heavy atom. The SMILES string of the molecule is CCCCCCCCCCCCCCCCNCC(=O)Nc1ccc(Cl)cc1Cl. The van der Waals surface area contributed by atoms with E-state index in [0.29, 0.717) is 22.3 Å². The molecule has 1 aromatic rings. The average Bonchev–Trinajstić information content (AvgIpc) is 2.70. The van der Waals surface area contributed by atoms with Crippen LogP contribution in [-0.2, 0) is 4.79 Å². The van der Waals surface area contributed by atoms with Crippen molar-refractivity contribution in [3.8, 4) is 0 Å². The first-order valence-electron chi connectivity index (χ1n) is 11.6. The number of rotatable bonds is 18. The van der Waals surface area contributed by atoms with E-state index in [0.717, 1.165) is 13.0 Å². The van der Waals surface area contributed by atoms with E-state index in [1.165, 1.54) is 83.5 Å². The van der Waals surface area contributed by atoms with Gasteiger partial charge in [0.05, 0.1) is 17.3 Å². The molecule has 0 aliphatic heterocycles. The van der Waals surface area contributed by atoms with Crippen LogP contribution < -0.4 is 10.6 Å². The Labute approximate surface area is 188 Å². The molecule has 3 nitrogen and oxygen atoms in total. The predicted octanol–water partition coefficient (Wildman–Crippen LogP) is 8.00. The van der Waals surface area contributed by atoms with Crippen LogP contribution in [0.3, 0.4) is 0 Å². The summed E-state index contributed by atoms with van der Waals surface area (Å²) >= 11 is 11.9. The Morgan fingerprint density at radius 3 is 1.83 bits per heavy atom. The second kappa shape index (κ2) is 18.0. The molecule has 1 aromatic carbocycles. The lowest BCUT2D eigenvalue weighted by Crippen LogP contribution is -2.28. The Balaban J connectivity index is 1.84. The predicted molar refractivity (Wildman–Crippen MR) is 128 cm³/mol. The monoisotopic (exact) mass is 442 g/mol. The number of unbranched alkanes of at least 4 members (excludes halogenated alkanes) is 13. The van der Waals surface area contributed by atoms with Crippen molar-refractivity contribution in [2.75, 3.05) is 18.4 Å². The number of benzene rings is 1. The molecule has 2 N–H and O–H groups in total. The van der Waals surface area contributed by atoms with E-state index in [2.05, 4.69) is 17.6 Å². The molecule has 166 valence electrons. The molecular formula is C24H40Cl2N2O. The first-order chi connectivity index (χ1) is 14.1. The van der Waals surface area contributed by atoms with Crippen LogP contribution in [0.5, 0.6) is 0 Å². The molecular weight excluding hydrogens is 403 g/mol.